The van der Waals surface area contributed by atoms with Crippen molar-refractivity contribution in [1.82, 2.24) is 14.9 Å². The quantitative estimate of drug-likeness (QED) is 0.428. The van der Waals surface area contributed by atoms with Gasteiger partial charge in [-0.3, -0.25) is 9.59 Å². The fourth-order valence-electron chi connectivity index (χ4n) is 4.29. The molecule has 0 unspecified atom stereocenters. The fraction of sp³-hybridized carbons (Fsp3) is 0.480. The van der Waals surface area contributed by atoms with E-state index in [4.69, 9.17) is 9.40 Å². The van der Waals surface area contributed by atoms with Crippen molar-refractivity contribution in [2.45, 2.75) is 71.9 Å². The van der Waals surface area contributed by atoms with Crippen LogP contribution >= 0.6 is 0 Å². The number of rotatable bonds is 11. The molecular formula is C25H33N3O4. The molecule has 0 saturated heterocycles. The van der Waals surface area contributed by atoms with Gasteiger partial charge in [0.2, 0.25) is 0 Å². The van der Waals surface area contributed by atoms with E-state index in [0.29, 0.717) is 24.4 Å². The molecule has 0 spiro atoms. The SMILES string of the molecule is CCC(CC)n1c(Cc2ccoc2)nc2cc(C(=O)N[C@H](CC(=O)O)CC(C)C)ccc21. The molecule has 32 heavy (non-hydrogen) atoms. The molecule has 0 bridgehead atoms. The molecule has 0 aliphatic rings. The largest absolute Gasteiger partial charge is 0.481 e. The Labute approximate surface area is 188 Å². The number of aromatic nitrogens is 2. The van der Waals surface area contributed by atoms with Crippen LogP contribution in [0.3, 0.4) is 0 Å². The third-order valence-electron chi connectivity index (χ3n) is 5.79. The predicted octanol–water partition coefficient (Wildman–Crippen LogP) is 5.20. The molecule has 0 aliphatic carbocycles. The number of nitrogens with one attached hydrogen (secondary N) is 1. The molecule has 2 heterocycles. The van der Waals surface area contributed by atoms with Crippen LogP contribution in [0.15, 0.2) is 41.2 Å². The molecule has 1 amide bonds. The van der Waals surface area contributed by atoms with E-state index in [1.807, 2.05) is 26.0 Å². The number of aliphatic carboxylic acids is 1. The van der Waals surface area contributed by atoms with Gasteiger partial charge in [-0.15, -0.1) is 0 Å². The van der Waals surface area contributed by atoms with Gasteiger partial charge in [0, 0.05) is 24.1 Å². The van der Waals surface area contributed by atoms with Crippen molar-refractivity contribution in [3.8, 4) is 0 Å². The molecule has 3 rings (SSSR count). The van der Waals surface area contributed by atoms with Gasteiger partial charge in [-0.2, -0.15) is 0 Å². The highest BCUT2D eigenvalue weighted by Gasteiger charge is 2.21. The van der Waals surface area contributed by atoms with Crippen molar-refractivity contribution in [2.75, 3.05) is 0 Å². The van der Waals surface area contributed by atoms with Crippen LogP contribution in [0.1, 0.15) is 81.2 Å². The number of furan rings is 1. The number of carboxylic acids is 1. The lowest BCUT2D eigenvalue weighted by Crippen LogP contribution is -2.37. The van der Waals surface area contributed by atoms with Crippen LogP contribution in [0.5, 0.6) is 0 Å². The lowest BCUT2D eigenvalue weighted by atomic mass is 10.0. The van der Waals surface area contributed by atoms with E-state index in [1.165, 1.54) is 0 Å². The van der Waals surface area contributed by atoms with Crippen molar-refractivity contribution in [3.63, 3.8) is 0 Å². The highest BCUT2D eigenvalue weighted by atomic mass is 16.4. The Hall–Kier alpha value is -3.09. The number of nitrogens with zero attached hydrogens (tertiary/aromatic N) is 2. The van der Waals surface area contributed by atoms with Gasteiger partial charge in [0.15, 0.2) is 0 Å². The molecule has 7 nitrogen and oxygen atoms in total. The summed E-state index contributed by atoms with van der Waals surface area (Å²) < 4.78 is 7.50. The Kier molecular flexibility index (Phi) is 7.72. The van der Waals surface area contributed by atoms with Crippen molar-refractivity contribution >= 4 is 22.9 Å². The summed E-state index contributed by atoms with van der Waals surface area (Å²) >= 11 is 0. The Morgan fingerprint density at radius 3 is 2.53 bits per heavy atom. The molecule has 2 aromatic heterocycles. The minimum atomic E-state index is -0.917. The van der Waals surface area contributed by atoms with Gasteiger partial charge < -0.3 is 19.4 Å². The molecule has 0 aliphatic heterocycles. The maximum atomic E-state index is 12.9. The second-order valence-electron chi connectivity index (χ2n) is 8.78. The lowest BCUT2D eigenvalue weighted by molar-refractivity contribution is -0.137. The second-order valence-corrected chi connectivity index (χ2v) is 8.78. The Bertz CT molecular complexity index is 1050. The first-order chi connectivity index (χ1) is 15.3. The van der Waals surface area contributed by atoms with Crippen LogP contribution in [0.4, 0.5) is 0 Å². The third-order valence-corrected chi connectivity index (χ3v) is 5.79. The zero-order valence-corrected chi connectivity index (χ0v) is 19.3. The standard InChI is InChI=1S/C25H33N3O4/c1-5-20(6-2)28-22-8-7-18(25(31)26-19(11-16(3)4)14-24(29)30)13-21(22)27-23(28)12-17-9-10-32-15-17/h7-10,13,15-16,19-20H,5-6,11-12,14H2,1-4H3,(H,26,31)(H,29,30)/t19-/m0/s1. The highest BCUT2D eigenvalue weighted by Crippen LogP contribution is 2.28. The van der Waals surface area contributed by atoms with Crippen molar-refractivity contribution in [2.24, 2.45) is 5.92 Å². The van der Waals surface area contributed by atoms with Gasteiger partial charge in [-0.05, 0) is 55.0 Å². The Morgan fingerprint density at radius 1 is 1.19 bits per heavy atom. The van der Waals surface area contributed by atoms with E-state index in [1.54, 1.807) is 24.7 Å². The van der Waals surface area contributed by atoms with Gasteiger partial charge in [-0.25, -0.2) is 4.98 Å². The number of imidazole rings is 1. The first kappa shape index (κ1) is 23.6. The number of amides is 1. The average Bonchev–Trinajstić information content (AvgIpc) is 3.36. The lowest BCUT2D eigenvalue weighted by Gasteiger charge is -2.19. The van der Waals surface area contributed by atoms with Gasteiger partial charge in [-0.1, -0.05) is 27.7 Å². The number of carboxylic acid groups (broad SMARTS) is 1. The minimum absolute atomic E-state index is 0.0929. The Balaban J connectivity index is 1.93. The molecule has 0 saturated carbocycles. The number of hydrogen-bond donors (Lipinski definition) is 2. The van der Waals surface area contributed by atoms with E-state index in [0.717, 1.165) is 35.3 Å². The number of fused-ring (bicyclic) bond motifs is 1. The number of carbonyl (C=O) groups excluding carboxylic acids is 1. The average molecular weight is 440 g/mol. The third kappa shape index (κ3) is 5.58. The summed E-state index contributed by atoms with van der Waals surface area (Å²) in [4.78, 5) is 29.0. The summed E-state index contributed by atoms with van der Waals surface area (Å²) in [5.41, 5.74) is 3.30. The zero-order valence-electron chi connectivity index (χ0n) is 19.3. The predicted molar refractivity (Wildman–Crippen MR) is 124 cm³/mol. The summed E-state index contributed by atoms with van der Waals surface area (Å²) in [6.45, 7) is 8.36. The van der Waals surface area contributed by atoms with Crippen LogP contribution < -0.4 is 5.32 Å². The second kappa shape index (κ2) is 10.5. The number of carbonyl (C=O) groups is 2. The van der Waals surface area contributed by atoms with Crippen molar-refractivity contribution < 1.29 is 19.1 Å². The van der Waals surface area contributed by atoms with Gasteiger partial charge >= 0.3 is 5.97 Å². The maximum Gasteiger partial charge on any atom is 0.305 e. The van der Waals surface area contributed by atoms with Gasteiger partial charge in [0.1, 0.15) is 5.82 Å². The molecule has 1 aromatic carbocycles. The van der Waals surface area contributed by atoms with E-state index in [2.05, 4.69) is 23.7 Å². The Morgan fingerprint density at radius 2 is 1.94 bits per heavy atom. The molecule has 172 valence electrons. The van der Waals surface area contributed by atoms with Gasteiger partial charge in [0.25, 0.3) is 5.91 Å². The van der Waals surface area contributed by atoms with E-state index in [-0.39, 0.29) is 18.2 Å². The fourth-order valence-corrected chi connectivity index (χ4v) is 4.29. The molecular weight excluding hydrogens is 406 g/mol. The minimum Gasteiger partial charge on any atom is -0.481 e. The van der Waals surface area contributed by atoms with Crippen LogP contribution in [0.2, 0.25) is 0 Å². The summed E-state index contributed by atoms with van der Waals surface area (Å²) in [6, 6.07) is 7.39. The van der Waals surface area contributed by atoms with Crippen LogP contribution in [-0.4, -0.2) is 32.6 Å². The molecule has 2 N–H and O–H groups in total. The van der Waals surface area contributed by atoms with E-state index < -0.39 is 12.0 Å². The van der Waals surface area contributed by atoms with Crippen LogP contribution in [-0.2, 0) is 11.2 Å². The summed E-state index contributed by atoms with van der Waals surface area (Å²) in [6.07, 6.45) is 6.52. The molecule has 3 aromatic rings. The highest BCUT2D eigenvalue weighted by molar-refractivity contribution is 5.97. The maximum absolute atomic E-state index is 12.9. The smallest absolute Gasteiger partial charge is 0.305 e. The van der Waals surface area contributed by atoms with E-state index in [9.17, 15) is 14.7 Å². The molecule has 0 fully saturated rings. The first-order valence-corrected chi connectivity index (χ1v) is 11.4. The molecule has 7 heteroatoms. The monoisotopic (exact) mass is 439 g/mol. The zero-order chi connectivity index (χ0) is 23.3. The van der Waals surface area contributed by atoms with E-state index >= 15 is 0 Å². The summed E-state index contributed by atoms with van der Waals surface area (Å²) in [5.74, 6) is 0.0334. The molecule has 0 radical (unpaired) electrons. The first-order valence-electron chi connectivity index (χ1n) is 11.4. The summed E-state index contributed by atoms with van der Waals surface area (Å²) in [5, 5.41) is 12.1. The topological polar surface area (TPSA) is 97.4 Å². The summed E-state index contributed by atoms with van der Waals surface area (Å²) in [7, 11) is 0. The number of hydrogen-bond acceptors (Lipinski definition) is 4. The van der Waals surface area contributed by atoms with Gasteiger partial charge in [0.05, 0.1) is 30.0 Å². The normalized spacial score (nSPS) is 12.6. The van der Waals surface area contributed by atoms with Crippen LogP contribution in [0, 0.1) is 5.92 Å². The number of benzene rings is 1. The van der Waals surface area contributed by atoms with Crippen molar-refractivity contribution in [3.05, 3.63) is 53.7 Å². The molecule has 1 atom stereocenters. The van der Waals surface area contributed by atoms with Crippen LogP contribution in [0.25, 0.3) is 11.0 Å². The van der Waals surface area contributed by atoms with Crippen molar-refractivity contribution in [1.29, 1.82) is 0 Å².